The van der Waals surface area contributed by atoms with Crippen molar-refractivity contribution in [3.8, 4) is 0 Å². The molecule has 2 atom stereocenters. The minimum Gasteiger partial charge on any atom is -0.466 e. The minimum absolute atomic E-state index is 0. The van der Waals surface area contributed by atoms with Gasteiger partial charge in [0.2, 0.25) is 0 Å². The summed E-state index contributed by atoms with van der Waals surface area (Å²) in [5.41, 5.74) is 0. The normalized spacial score (nSPS) is 25.4. The molecule has 128 valence electrons. The Morgan fingerprint density at radius 3 is 2.55 bits per heavy atom. The topological polar surface area (TPSA) is 53.9 Å². The van der Waals surface area contributed by atoms with Crippen LogP contribution in [0.2, 0.25) is 0 Å². The average molecular weight is 423 g/mol. The number of rotatable bonds is 5. The predicted octanol–water partition coefficient (Wildman–Crippen LogP) is 2.64. The number of ether oxygens (including phenoxy) is 1. The van der Waals surface area contributed by atoms with Gasteiger partial charge in [-0.1, -0.05) is 13.3 Å². The summed E-state index contributed by atoms with van der Waals surface area (Å²) in [4.78, 5) is 18.4. The molecule has 1 aliphatic heterocycles. The maximum Gasteiger partial charge on any atom is 0.309 e. The van der Waals surface area contributed by atoms with E-state index < -0.39 is 0 Å². The maximum absolute atomic E-state index is 11.8. The number of aliphatic imine (C=N–C) groups is 1. The molecular formula is C16H30IN3O2. The molecule has 0 radical (unpaired) electrons. The van der Waals surface area contributed by atoms with Crippen LogP contribution in [0.5, 0.6) is 0 Å². The van der Waals surface area contributed by atoms with Crippen molar-refractivity contribution >= 4 is 35.9 Å². The number of esters is 1. The number of likely N-dealkylation sites (tertiary alicyclic amines) is 1. The number of halogens is 1. The third-order valence-electron chi connectivity index (χ3n) is 4.52. The van der Waals surface area contributed by atoms with E-state index in [-0.39, 0.29) is 35.9 Å². The fourth-order valence-corrected chi connectivity index (χ4v) is 3.16. The van der Waals surface area contributed by atoms with E-state index in [1.165, 1.54) is 19.3 Å². The third-order valence-corrected chi connectivity index (χ3v) is 4.52. The molecule has 6 heteroatoms. The van der Waals surface area contributed by atoms with Crippen molar-refractivity contribution in [2.24, 2.45) is 16.8 Å². The molecule has 0 aromatic carbocycles. The molecule has 0 amide bonds. The van der Waals surface area contributed by atoms with E-state index in [0.717, 1.165) is 37.8 Å². The highest BCUT2D eigenvalue weighted by molar-refractivity contribution is 14.0. The van der Waals surface area contributed by atoms with Gasteiger partial charge in [-0.2, -0.15) is 0 Å². The molecule has 0 aromatic heterocycles. The Morgan fingerprint density at radius 1 is 1.32 bits per heavy atom. The molecule has 2 aliphatic rings. The number of nitrogens with zero attached hydrogens (tertiary/aromatic N) is 2. The zero-order valence-electron chi connectivity index (χ0n) is 14.0. The molecule has 0 spiro atoms. The van der Waals surface area contributed by atoms with E-state index in [2.05, 4.69) is 22.1 Å². The lowest BCUT2D eigenvalue weighted by molar-refractivity contribution is -0.149. The average Bonchev–Trinajstić information content (AvgIpc) is 3.23. The van der Waals surface area contributed by atoms with Crippen molar-refractivity contribution in [2.45, 2.75) is 52.0 Å². The number of piperidine rings is 1. The maximum atomic E-state index is 11.8. The summed E-state index contributed by atoms with van der Waals surface area (Å²) in [7, 11) is 1.84. The van der Waals surface area contributed by atoms with Gasteiger partial charge in [0.15, 0.2) is 5.96 Å². The van der Waals surface area contributed by atoms with Gasteiger partial charge >= 0.3 is 5.97 Å². The molecule has 2 fully saturated rings. The van der Waals surface area contributed by atoms with Crippen molar-refractivity contribution in [1.29, 1.82) is 0 Å². The van der Waals surface area contributed by atoms with Crippen LogP contribution in [0, 0.1) is 11.8 Å². The largest absolute Gasteiger partial charge is 0.466 e. The van der Waals surface area contributed by atoms with Crippen LogP contribution >= 0.6 is 24.0 Å². The highest BCUT2D eigenvalue weighted by Gasteiger charge is 2.38. The molecule has 2 rings (SSSR count). The van der Waals surface area contributed by atoms with E-state index in [4.69, 9.17) is 4.74 Å². The molecule has 22 heavy (non-hydrogen) atoms. The van der Waals surface area contributed by atoms with Gasteiger partial charge in [-0.05, 0) is 38.5 Å². The van der Waals surface area contributed by atoms with Crippen molar-refractivity contribution < 1.29 is 9.53 Å². The van der Waals surface area contributed by atoms with Crippen molar-refractivity contribution in [1.82, 2.24) is 10.2 Å². The Bertz CT molecular complexity index is 382. The second kappa shape index (κ2) is 9.57. The summed E-state index contributed by atoms with van der Waals surface area (Å²) in [6, 6.07) is 0.603. The van der Waals surface area contributed by atoms with E-state index in [1.807, 2.05) is 14.0 Å². The molecule has 1 heterocycles. The van der Waals surface area contributed by atoms with Gasteiger partial charge in [-0.15, -0.1) is 24.0 Å². The van der Waals surface area contributed by atoms with Crippen LogP contribution in [-0.4, -0.2) is 49.6 Å². The van der Waals surface area contributed by atoms with E-state index in [0.29, 0.717) is 12.6 Å². The zero-order valence-corrected chi connectivity index (χ0v) is 16.3. The molecule has 5 nitrogen and oxygen atoms in total. The first-order valence-electron chi connectivity index (χ1n) is 8.34. The number of guanidine groups is 1. The van der Waals surface area contributed by atoms with Crippen molar-refractivity contribution in [3.05, 3.63) is 0 Å². The van der Waals surface area contributed by atoms with Gasteiger partial charge in [0.05, 0.1) is 12.5 Å². The van der Waals surface area contributed by atoms with Crippen LogP contribution in [-0.2, 0) is 9.53 Å². The first-order valence-corrected chi connectivity index (χ1v) is 8.34. The first kappa shape index (κ1) is 19.5. The lowest BCUT2D eigenvalue weighted by atomic mass is 9.97. The molecule has 1 N–H and O–H groups in total. The van der Waals surface area contributed by atoms with Gasteiger partial charge in [0, 0.05) is 26.2 Å². The fourth-order valence-electron chi connectivity index (χ4n) is 3.16. The lowest BCUT2D eigenvalue weighted by Crippen LogP contribution is -2.47. The van der Waals surface area contributed by atoms with Gasteiger partial charge < -0.3 is 15.0 Å². The van der Waals surface area contributed by atoms with Gasteiger partial charge in [0.1, 0.15) is 0 Å². The van der Waals surface area contributed by atoms with E-state index in [1.54, 1.807) is 0 Å². The molecule has 1 saturated heterocycles. The van der Waals surface area contributed by atoms with Crippen LogP contribution in [0.3, 0.4) is 0 Å². The summed E-state index contributed by atoms with van der Waals surface area (Å²) < 4.78 is 5.12. The van der Waals surface area contributed by atoms with Crippen molar-refractivity contribution in [3.63, 3.8) is 0 Å². The van der Waals surface area contributed by atoms with Gasteiger partial charge in [-0.25, -0.2) is 0 Å². The van der Waals surface area contributed by atoms with Crippen molar-refractivity contribution in [2.75, 3.05) is 26.7 Å². The first-order chi connectivity index (χ1) is 10.2. The molecular weight excluding hydrogens is 393 g/mol. The number of nitrogens with one attached hydrogen (secondary N) is 1. The van der Waals surface area contributed by atoms with Gasteiger partial charge in [-0.3, -0.25) is 9.79 Å². The Hall–Kier alpha value is -0.530. The molecule has 0 bridgehead atoms. The quantitative estimate of drug-likeness (QED) is 0.320. The zero-order chi connectivity index (χ0) is 15.2. The van der Waals surface area contributed by atoms with Crippen LogP contribution in [0.1, 0.15) is 46.0 Å². The van der Waals surface area contributed by atoms with E-state index in [9.17, 15) is 4.79 Å². The summed E-state index contributed by atoms with van der Waals surface area (Å²) in [6.07, 6.45) is 5.56. The summed E-state index contributed by atoms with van der Waals surface area (Å²) in [5, 5.41) is 3.57. The summed E-state index contributed by atoms with van der Waals surface area (Å²) >= 11 is 0. The predicted molar refractivity (Wildman–Crippen MR) is 99.6 cm³/mol. The summed E-state index contributed by atoms with van der Waals surface area (Å²) in [6.45, 7) is 6.34. The van der Waals surface area contributed by atoms with E-state index >= 15 is 0 Å². The number of hydrogen-bond donors (Lipinski definition) is 1. The second-order valence-corrected chi connectivity index (χ2v) is 6.10. The monoisotopic (exact) mass is 423 g/mol. The van der Waals surface area contributed by atoms with Gasteiger partial charge in [0.25, 0.3) is 0 Å². The molecule has 1 aliphatic carbocycles. The van der Waals surface area contributed by atoms with Crippen LogP contribution in [0.4, 0.5) is 0 Å². The summed E-state index contributed by atoms with van der Waals surface area (Å²) in [5.74, 6) is 1.85. The minimum atomic E-state index is -0.0368. The number of hydrogen-bond acceptors (Lipinski definition) is 3. The smallest absolute Gasteiger partial charge is 0.309 e. The SMILES string of the molecule is CCCC1CC1NC(=NC)N1CCC(C(=O)OCC)CC1.I. The standard InChI is InChI=1S/C16H29N3O2.HI/c1-4-6-13-11-14(13)18-16(17-3)19-9-7-12(8-10-19)15(20)21-5-2;/h12-14H,4-11H2,1-3H3,(H,17,18);1H. The van der Waals surface area contributed by atoms with Crippen LogP contribution in [0.15, 0.2) is 4.99 Å². The highest BCUT2D eigenvalue weighted by atomic mass is 127. The Kier molecular flexibility index (Phi) is 8.49. The van der Waals surface area contributed by atoms with Crippen LogP contribution < -0.4 is 5.32 Å². The van der Waals surface area contributed by atoms with Crippen LogP contribution in [0.25, 0.3) is 0 Å². The molecule has 1 saturated carbocycles. The Balaban J connectivity index is 0.00000242. The molecule has 2 unspecified atom stereocenters. The second-order valence-electron chi connectivity index (χ2n) is 6.10. The Morgan fingerprint density at radius 2 is 2.00 bits per heavy atom. The molecule has 0 aromatic rings. The fraction of sp³-hybridized carbons (Fsp3) is 0.875. The number of carbonyl (C=O) groups is 1. The number of carbonyl (C=O) groups excluding carboxylic acids is 1. The lowest BCUT2D eigenvalue weighted by Gasteiger charge is -2.33. The third kappa shape index (κ3) is 5.28. The Labute approximate surface area is 151 Å². The highest BCUT2D eigenvalue weighted by Crippen LogP contribution is 2.34.